The average Bonchev–Trinajstić information content (AvgIpc) is 3.01. The zero-order chi connectivity index (χ0) is 17.1. The van der Waals surface area contributed by atoms with E-state index in [1.807, 2.05) is 6.92 Å². The number of hydrogen-bond acceptors (Lipinski definition) is 5. The van der Waals surface area contributed by atoms with E-state index >= 15 is 0 Å². The Labute approximate surface area is 137 Å². The Hall–Kier alpha value is -3.35. The third kappa shape index (κ3) is 3.05. The van der Waals surface area contributed by atoms with Crippen LogP contribution in [-0.4, -0.2) is 22.5 Å². The highest BCUT2D eigenvalue weighted by Crippen LogP contribution is 2.26. The highest BCUT2D eigenvalue weighted by Gasteiger charge is 2.18. The molecule has 0 aliphatic rings. The molecule has 0 bridgehead atoms. The van der Waals surface area contributed by atoms with Crippen molar-refractivity contribution in [1.29, 1.82) is 0 Å². The molecule has 0 fully saturated rings. The van der Waals surface area contributed by atoms with Gasteiger partial charge in [-0.05, 0) is 37.3 Å². The van der Waals surface area contributed by atoms with Crippen LogP contribution in [0, 0.1) is 10.1 Å². The molecule has 0 saturated carbocycles. The third-order valence-electron chi connectivity index (χ3n) is 3.40. The monoisotopic (exact) mass is 326 g/mol. The Balaban J connectivity index is 1.83. The predicted octanol–water partition coefficient (Wildman–Crippen LogP) is 3.69. The van der Waals surface area contributed by atoms with Gasteiger partial charge in [-0.2, -0.15) is 0 Å². The number of rotatable bonds is 5. The maximum absolute atomic E-state index is 12.2. The minimum absolute atomic E-state index is 0.0902. The fourth-order valence-corrected chi connectivity index (χ4v) is 2.33. The van der Waals surface area contributed by atoms with Gasteiger partial charge in [0.05, 0.1) is 11.5 Å². The van der Waals surface area contributed by atoms with Crippen LogP contribution >= 0.6 is 0 Å². The van der Waals surface area contributed by atoms with Gasteiger partial charge in [0.15, 0.2) is 0 Å². The largest absolute Gasteiger partial charge is 0.494 e. The number of nitro groups is 1. The summed E-state index contributed by atoms with van der Waals surface area (Å²) >= 11 is 0. The van der Waals surface area contributed by atoms with Crippen molar-refractivity contribution in [2.75, 3.05) is 6.61 Å². The van der Waals surface area contributed by atoms with E-state index in [2.05, 4.69) is 4.98 Å². The number of carbonyl (C=O) groups is 1. The normalized spacial score (nSPS) is 10.5. The second kappa shape index (κ2) is 6.41. The van der Waals surface area contributed by atoms with E-state index in [1.54, 1.807) is 36.4 Å². The summed E-state index contributed by atoms with van der Waals surface area (Å²) in [6, 6.07) is 12.8. The Bertz CT molecular complexity index is 899. The van der Waals surface area contributed by atoms with E-state index in [0.717, 1.165) is 0 Å². The van der Waals surface area contributed by atoms with Gasteiger partial charge in [0.2, 0.25) is 0 Å². The summed E-state index contributed by atoms with van der Waals surface area (Å²) in [4.78, 5) is 25.5. The number of para-hydroxylation sites is 1. The van der Waals surface area contributed by atoms with Crippen molar-refractivity contribution in [1.82, 2.24) is 4.98 Å². The number of hydrogen-bond donors (Lipinski definition) is 1. The Morgan fingerprint density at radius 1 is 1.17 bits per heavy atom. The second-order valence-electron chi connectivity index (χ2n) is 4.98. The Morgan fingerprint density at radius 3 is 2.54 bits per heavy atom. The summed E-state index contributed by atoms with van der Waals surface area (Å²) in [6.07, 6.45) is 0. The highest BCUT2D eigenvalue weighted by molar-refractivity contribution is 5.98. The van der Waals surface area contributed by atoms with Gasteiger partial charge in [0.1, 0.15) is 22.7 Å². The summed E-state index contributed by atoms with van der Waals surface area (Å²) in [7, 11) is 0. The molecule has 0 saturated heterocycles. The van der Waals surface area contributed by atoms with Gasteiger partial charge in [-0.3, -0.25) is 10.1 Å². The van der Waals surface area contributed by atoms with Crippen LogP contribution in [0.3, 0.4) is 0 Å². The number of benzene rings is 2. The fraction of sp³-hybridized carbons (Fsp3) is 0.118. The first-order valence-electron chi connectivity index (χ1n) is 7.29. The smallest absolute Gasteiger partial charge is 0.360 e. The van der Waals surface area contributed by atoms with Crippen molar-refractivity contribution in [2.24, 2.45) is 0 Å². The minimum atomic E-state index is -0.621. The number of esters is 1. The number of nitrogens with zero attached hydrogens (tertiary/aromatic N) is 1. The molecule has 0 spiro atoms. The molecule has 1 heterocycles. The molecule has 0 atom stereocenters. The lowest BCUT2D eigenvalue weighted by molar-refractivity contribution is -0.383. The molecule has 2 aromatic carbocycles. The van der Waals surface area contributed by atoms with Crippen LogP contribution < -0.4 is 9.47 Å². The quantitative estimate of drug-likeness (QED) is 0.334. The molecule has 1 aromatic heterocycles. The molecule has 0 unspecified atom stereocenters. The molecule has 3 aromatic rings. The summed E-state index contributed by atoms with van der Waals surface area (Å²) in [5.41, 5.74) is 0.349. The lowest BCUT2D eigenvalue weighted by atomic mass is 10.2. The number of ether oxygens (including phenoxy) is 2. The summed E-state index contributed by atoms with van der Waals surface area (Å²) in [5.74, 6) is 0.416. The number of nitrogens with one attached hydrogen (secondary N) is 1. The van der Waals surface area contributed by atoms with Crippen LogP contribution in [-0.2, 0) is 0 Å². The highest BCUT2D eigenvalue weighted by atomic mass is 16.6. The molecule has 24 heavy (non-hydrogen) atoms. The van der Waals surface area contributed by atoms with Crippen molar-refractivity contribution < 1.29 is 19.2 Å². The Morgan fingerprint density at radius 2 is 1.88 bits per heavy atom. The van der Waals surface area contributed by atoms with E-state index in [1.165, 1.54) is 12.1 Å². The maximum Gasteiger partial charge on any atom is 0.360 e. The molecule has 0 amide bonds. The number of carbonyl (C=O) groups excluding carboxylic acids is 1. The van der Waals surface area contributed by atoms with Crippen molar-refractivity contribution in [3.63, 3.8) is 0 Å². The molecular formula is C17H14N2O5. The van der Waals surface area contributed by atoms with Gasteiger partial charge < -0.3 is 14.5 Å². The van der Waals surface area contributed by atoms with Gasteiger partial charge >= 0.3 is 5.97 Å². The molecule has 7 heteroatoms. The Kier molecular flexibility index (Phi) is 4.15. The molecule has 7 nitrogen and oxygen atoms in total. The number of fused-ring (bicyclic) bond motifs is 1. The summed E-state index contributed by atoms with van der Waals surface area (Å²) < 4.78 is 10.6. The number of non-ortho nitro benzene ring substituents is 1. The molecule has 0 radical (unpaired) electrons. The van der Waals surface area contributed by atoms with E-state index in [0.29, 0.717) is 29.0 Å². The number of aromatic nitrogens is 1. The predicted molar refractivity (Wildman–Crippen MR) is 87.5 cm³/mol. The standard InChI is InChI=1S/C17H14N2O5/c1-2-23-12-6-8-13(9-7-12)24-17(20)14-10-11-4-3-5-15(19(21)22)16(11)18-14/h3-10,18H,2H2,1H3. The van der Waals surface area contributed by atoms with E-state index in [-0.39, 0.29) is 11.4 Å². The van der Waals surface area contributed by atoms with Crippen molar-refractivity contribution in [3.8, 4) is 11.5 Å². The van der Waals surface area contributed by atoms with Crippen molar-refractivity contribution in [2.45, 2.75) is 6.92 Å². The van der Waals surface area contributed by atoms with Crippen molar-refractivity contribution >= 4 is 22.6 Å². The van der Waals surface area contributed by atoms with E-state index < -0.39 is 10.9 Å². The van der Waals surface area contributed by atoms with Crippen LogP contribution in [0.1, 0.15) is 17.4 Å². The number of aromatic amines is 1. The minimum Gasteiger partial charge on any atom is -0.494 e. The number of H-pyrrole nitrogens is 1. The summed E-state index contributed by atoms with van der Waals surface area (Å²) in [6.45, 7) is 2.43. The fourth-order valence-electron chi connectivity index (χ4n) is 2.33. The second-order valence-corrected chi connectivity index (χ2v) is 4.98. The first-order chi connectivity index (χ1) is 11.6. The van der Waals surface area contributed by atoms with Gasteiger partial charge in [0, 0.05) is 11.5 Å². The van der Waals surface area contributed by atoms with Crippen LogP contribution in [0.15, 0.2) is 48.5 Å². The first-order valence-corrected chi connectivity index (χ1v) is 7.29. The zero-order valence-electron chi connectivity index (χ0n) is 12.8. The molecular weight excluding hydrogens is 312 g/mol. The lowest BCUT2D eigenvalue weighted by Gasteiger charge is -2.05. The van der Waals surface area contributed by atoms with Crippen LogP contribution in [0.4, 0.5) is 5.69 Å². The molecule has 1 N–H and O–H groups in total. The van der Waals surface area contributed by atoms with Gasteiger partial charge in [-0.1, -0.05) is 12.1 Å². The van der Waals surface area contributed by atoms with Gasteiger partial charge in [-0.25, -0.2) is 4.79 Å². The SMILES string of the molecule is CCOc1ccc(OC(=O)c2cc3cccc([N+](=O)[O-])c3[nH]2)cc1. The van der Waals surface area contributed by atoms with Crippen LogP contribution in [0.25, 0.3) is 10.9 Å². The van der Waals surface area contributed by atoms with Crippen molar-refractivity contribution in [3.05, 3.63) is 64.3 Å². The lowest BCUT2D eigenvalue weighted by Crippen LogP contribution is -2.08. The zero-order valence-corrected chi connectivity index (χ0v) is 12.8. The van der Waals surface area contributed by atoms with Crippen LogP contribution in [0.5, 0.6) is 11.5 Å². The molecule has 3 rings (SSSR count). The summed E-state index contributed by atoms with van der Waals surface area (Å²) in [5, 5.41) is 11.6. The molecule has 0 aliphatic heterocycles. The maximum atomic E-state index is 12.2. The van der Waals surface area contributed by atoms with Gasteiger partial charge in [0.25, 0.3) is 5.69 Å². The average molecular weight is 326 g/mol. The first kappa shape index (κ1) is 15.5. The molecule has 0 aliphatic carbocycles. The van der Waals surface area contributed by atoms with E-state index in [4.69, 9.17) is 9.47 Å². The molecule has 122 valence electrons. The number of nitro benzene ring substituents is 1. The van der Waals surface area contributed by atoms with Crippen LogP contribution in [0.2, 0.25) is 0 Å². The van der Waals surface area contributed by atoms with Gasteiger partial charge in [-0.15, -0.1) is 0 Å². The van der Waals surface area contributed by atoms with E-state index in [9.17, 15) is 14.9 Å². The third-order valence-corrected chi connectivity index (χ3v) is 3.40. The topological polar surface area (TPSA) is 94.5 Å².